The van der Waals surface area contributed by atoms with Crippen LogP contribution in [0.4, 0.5) is 0 Å². The van der Waals surface area contributed by atoms with E-state index in [1.165, 1.54) is 44.1 Å². The molecule has 0 heterocycles. The summed E-state index contributed by atoms with van der Waals surface area (Å²) in [6, 6.07) is 0. The van der Waals surface area contributed by atoms with E-state index in [-0.39, 0.29) is 30.1 Å². The molecule has 0 spiro atoms. The summed E-state index contributed by atoms with van der Waals surface area (Å²) in [6.45, 7) is 11.5. The standard InChI is InChI=1S/C27H46O3/c1-17(2)18(3)6-5-7-19-8-9-22-21-15-25(30)24-14-20(29)10-13-27(24,16-28)23(21)11-12-26(19,22)4/h17,19-25,28-30H,3,5-16H2,1-2,4H3. The van der Waals surface area contributed by atoms with Crippen LogP contribution in [0.3, 0.4) is 0 Å². The van der Waals surface area contributed by atoms with Crippen molar-refractivity contribution in [2.75, 3.05) is 6.61 Å². The van der Waals surface area contributed by atoms with Crippen LogP contribution < -0.4 is 0 Å². The van der Waals surface area contributed by atoms with E-state index < -0.39 is 0 Å². The molecule has 0 saturated heterocycles. The van der Waals surface area contributed by atoms with E-state index in [2.05, 4.69) is 27.4 Å². The number of rotatable bonds is 6. The van der Waals surface area contributed by atoms with Crippen molar-refractivity contribution in [3.63, 3.8) is 0 Å². The fourth-order valence-electron chi connectivity index (χ4n) is 8.80. The third-order valence-electron chi connectivity index (χ3n) is 10.7. The fraction of sp³-hybridized carbons (Fsp3) is 0.926. The zero-order valence-electron chi connectivity index (χ0n) is 19.7. The minimum atomic E-state index is -0.357. The molecular weight excluding hydrogens is 372 g/mol. The predicted molar refractivity (Wildman–Crippen MR) is 122 cm³/mol. The van der Waals surface area contributed by atoms with Crippen molar-refractivity contribution in [2.24, 2.45) is 46.3 Å². The van der Waals surface area contributed by atoms with Gasteiger partial charge in [-0.25, -0.2) is 0 Å². The van der Waals surface area contributed by atoms with Gasteiger partial charge in [-0.05, 0) is 112 Å². The normalized spacial score (nSPS) is 48.2. The van der Waals surface area contributed by atoms with Gasteiger partial charge < -0.3 is 15.3 Å². The van der Waals surface area contributed by atoms with Crippen molar-refractivity contribution in [1.82, 2.24) is 0 Å². The molecule has 30 heavy (non-hydrogen) atoms. The Hall–Kier alpha value is -0.380. The third kappa shape index (κ3) is 3.61. The molecule has 0 aromatic heterocycles. The van der Waals surface area contributed by atoms with E-state index >= 15 is 0 Å². The lowest BCUT2D eigenvalue weighted by molar-refractivity contribution is -0.192. The van der Waals surface area contributed by atoms with E-state index in [0.29, 0.717) is 35.5 Å². The molecule has 3 N–H and O–H groups in total. The van der Waals surface area contributed by atoms with Crippen molar-refractivity contribution in [2.45, 2.75) is 104 Å². The second kappa shape index (κ2) is 8.52. The Kier molecular flexibility index (Phi) is 6.48. The van der Waals surface area contributed by atoms with E-state index in [4.69, 9.17) is 0 Å². The van der Waals surface area contributed by atoms with E-state index in [1.54, 1.807) is 0 Å². The molecule has 3 nitrogen and oxygen atoms in total. The Morgan fingerprint density at radius 1 is 1.00 bits per heavy atom. The topological polar surface area (TPSA) is 60.7 Å². The summed E-state index contributed by atoms with van der Waals surface area (Å²) in [5.41, 5.74) is 1.64. The van der Waals surface area contributed by atoms with Gasteiger partial charge >= 0.3 is 0 Å². The van der Waals surface area contributed by atoms with Crippen LogP contribution in [0.2, 0.25) is 0 Å². The molecule has 0 bridgehead atoms. The predicted octanol–water partition coefficient (Wildman–Crippen LogP) is 5.33. The summed E-state index contributed by atoms with van der Waals surface area (Å²) in [5.74, 6) is 3.25. The van der Waals surface area contributed by atoms with Crippen molar-refractivity contribution < 1.29 is 15.3 Å². The lowest BCUT2D eigenvalue weighted by Crippen LogP contribution is -2.60. The second-order valence-corrected chi connectivity index (χ2v) is 12.1. The highest BCUT2D eigenvalue weighted by Gasteiger charge is 2.63. The van der Waals surface area contributed by atoms with Gasteiger partial charge in [0.2, 0.25) is 0 Å². The summed E-state index contributed by atoms with van der Waals surface area (Å²) in [7, 11) is 0. The lowest BCUT2D eigenvalue weighted by atomic mass is 9.43. The van der Waals surface area contributed by atoms with Crippen molar-refractivity contribution in [3.05, 3.63) is 12.2 Å². The zero-order chi connectivity index (χ0) is 21.7. The van der Waals surface area contributed by atoms with Gasteiger partial charge in [-0.1, -0.05) is 32.9 Å². The van der Waals surface area contributed by atoms with Crippen molar-refractivity contribution in [1.29, 1.82) is 0 Å². The van der Waals surface area contributed by atoms with Gasteiger partial charge in [0, 0.05) is 12.0 Å². The molecule has 3 heteroatoms. The zero-order valence-corrected chi connectivity index (χ0v) is 19.7. The average Bonchev–Trinajstić information content (AvgIpc) is 3.05. The van der Waals surface area contributed by atoms with Crippen molar-refractivity contribution in [3.8, 4) is 0 Å². The first kappa shape index (κ1) is 22.8. The number of aliphatic hydroxyl groups is 3. The Morgan fingerprint density at radius 3 is 2.47 bits per heavy atom. The van der Waals surface area contributed by atoms with Crippen LogP contribution in [0, 0.1) is 46.3 Å². The SMILES string of the molecule is C=C(CCCC1CCC2C3CC(O)C4CC(O)CCC4(CO)C3CCC12C)C(C)C. The Bertz CT molecular complexity index is 630. The van der Waals surface area contributed by atoms with Gasteiger partial charge in [0.05, 0.1) is 12.2 Å². The van der Waals surface area contributed by atoms with Gasteiger partial charge in [0.1, 0.15) is 0 Å². The van der Waals surface area contributed by atoms with Crippen LogP contribution in [-0.2, 0) is 0 Å². The largest absolute Gasteiger partial charge is 0.396 e. The molecule has 0 aliphatic heterocycles. The second-order valence-electron chi connectivity index (χ2n) is 12.1. The molecule has 0 aromatic rings. The summed E-state index contributed by atoms with van der Waals surface area (Å²) in [5, 5.41) is 32.0. The third-order valence-corrected chi connectivity index (χ3v) is 10.7. The highest BCUT2D eigenvalue weighted by atomic mass is 16.3. The van der Waals surface area contributed by atoms with E-state index in [1.807, 2.05) is 0 Å². The fourth-order valence-corrected chi connectivity index (χ4v) is 8.80. The Labute approximate surface area is 184 Å². The molecule has 9 atom stereocenters. The molecule has 4 rings (SSSR count). The minimum absolute atomic E-state index is 0.0797. The number of hydrogen-bond acceptors (Lipinski definition) is 3. The quantitative estimate of drug-likeness (QED) is 0.511. The Morgan fingerprint density at radius 2 is 1.77 bits per heavy atom. The summed E-state index contributed by atoms with van der Waals surface area (Å²) >= 11 is 0. The van der Waals surface area contributed by atoms with Crippen LogP contribution in [0.25, 0.3) is 0 Å². The maximum absolute atomic E-state index is 11.1. The Balaban J connectivity index is 1.49. The van der Waals surface area contributed by atoms with Crippen LogP contribution in [0.1, 0.15) is 91.4 Å². The first-order chi connectivity index (χ1) is 14.2. The van der Waals surface area contributed by atoms with Gasteiger partial charge in [-0.3, -0.25) is 0 Å². The van der Waals surface area contributed by atoms with Crippen LogP contribution in [0.5, 0.6) is 0 Å². The first-order valence-corrected chi connectivity index (χ1v) is 12.9. The number of allylic oxidation sites excluding steroid dienone is 1. The molecule has 4 fully saturated rings. The monoisotopic (exact) mass is 418 g/mol. The van der Waals surface area contributed by atoms with E-state index in [9.17, 15) is 15.3 Å². The molecular formula is C27H46O3. The minimum Gasteiger partial charge on any atom is -0.396 e. The van der Waals surface area contributed by atoms with Crippen LogP contribution in [-0.4, -0.2) is 34.1 Å². The van der Waals surface area contributed by atoms with Gasteiger partial charge in [0.25, 0.3) is 0 Å². The average molecular weight is 419 g/mol. The molecule has 4 aliphatic rings. The first-order valence-electron chi connectivity index (χ1n) is 12.9. The summed E-state index contributed by atoms with van der Waals surface area (Å²) in [6.07, 6.45) is 11.4. The maximum atomic E-state index is 11.1. The number of hydrogen-bond donors (Lipinski definition) is 3. The van der Waals surface area contributed by atoms with E-state index in [0.717, 1.165) is 31.6 Å². The highest BCUT2D eigenvalue weighted by Crippen LogP contribution is 2.67. The molecule has 4 saturated carbocycles. The van der Waals surface area contributed by atoms with Gasteiger partial charge in [0.15, 0.2) is 0 Å². The van der Waals surface area contributed by atoms with Crippen LogP contribution in [0.15, 0.2) is 12.2 Å². The highest BCUT2D eigenvalue weighted by molar-refractivity contribution is 5.12. The van der Waals surface area contributed by atoms with Gasteiger partial charge in [-0.2, -0.15) is 0 Å². The summed E-state index contributed by atoms with van der Waals surface area (Å²) in [4.78, 5) is 0. The summed E-state index contributed by atoms with van der Waals surface area (Å²) < 4.78 is 0. The number of aliphatic hydroxyl groups excluding tert-OH is 3. The maximum Gasteiger partial charge on any atom is 0.0578 e. The smallest absolute Gasteiger partial charge is 0.0578 e. The van der Waals surface area contributed by atoms with Gasteiger partial charge in [-0.15, -0.1) is 0 Å². The molecule has 0 aromatic carbocycles. The molecule has 9 unspecified atom stereocenters. The van der Waals surface area contributed by atoms with Crippen molar-refractivity contribution >= 4 is 0 Å². The number of fused-ring (bicyclic) bond motifs is 5. The van der Waals surface area contributed by atoms with Crippen LogP contribution >= 0.6 is 0 Å². The molecule has 4 aliphatic carbocycles. The lowest BCUT2D eigenvalue weighted by Gasteiger charge is -2.62. The molecule has 172 valence electrons. The molecule has 0 amide bonds. The molecule has 0 radical (unpaired) electrons.